The molecule has 2 unspecified atom stereocenters. The van der Waals surface area contributed by atoms with Gasteiger partial charge in [0.25, 0.3) is 0 Å². The summed E-state index contributed by atoms with van der Waals surface area (Å²) >= 11 is 0. The Balaban J connectivity index is 2.58. The Morgan fingerprint density at radius 1 is 1.31 bits per heavy atom. The van der Waals surface area contributed by atoms with E-state index in [1.54, 1.807) is 0 Å². The van der Waals surface area contributed by atoms with Crippen LogP contribution in [0.25, 0.3) is 0 Å². The van der Waals surface area contributed by atoms with Gasteiger partial charge in [-0.05, 0) is 31.4 Å². The molecule has 0 bridgehead atoms. The molecular weight excluding hydrogens is 200 g/mol. The number of nitrogens with zero attached hydrogens (tertiary/aromatic N) is 1. The van der Waals surface area contributed by atoms with Gasteiger partial charge in [-0.2, -0.15) is 0 Å². The molecule has 0 aliphatic rings. The normalized spacial score (nSPS) is 15.1. The first kappa shape index (κ1) is 13.1. The van der Waals surface area contributed by atoms with Crippen LogP contribution in [0.3, 0.4) is 0 Å². The first-order chi connectivity index (χ1) is 7.65. The lowest BCUT2D eigenvalue weighted by molar-refractivity contribution is 0.236. The summed E-state index contributed by atoms with van der Waals surface area (Å²) in [4.78, 5) is 4.33. The van der Waals surface area contributed by atoms with Gasteiger partial charge in [-0.25, -0.2) is 0 Å². The fourth-order valence-electron chi connectivity index (χ4n) is 1.79. The number of pyridine rings is 1. The molecule has 0 saturated heterocycles. The molecule has 2 atom stereocenters. The molecule has 0 aliphatic heterocycles. The van der Waals surface area contributed by atoms with E-state index in [-0.39, 0.29) is 12.6 Å². The van der Waals surface area contributed by atoms with Gasteiger partial charge in [0.05, 0.1) is 5.69 Å². The van der Waals surface area contributed by atoms with Crippen molar-refractivity contribution in [3.8, 4) is 0 Å². The Hall–Kier alpha value is -0.930. The third-order valence-corrected chi connectivity index (χ3v) is 2.84. The van der Waals surface area contributed by atoms with Crippen molar-refractivity contribution in [1.82, 2.24) is 10.3 Å². The van der Waals surface area contributed by atoms with Crippen LogP contribution < -0.4 is 5.32 Å². The molecule has 1 aromatic heterocycles. The van der Waals surface area contributed by atoms with Crippen molar-refractivity contribution in [1.29, 1.82) is 0 Å². The van der Waals surface area contributed by atoms with Crippen LogP contribution in [0, 0.1) is 5.92 Å². The largest absolute Gasteiger partial charge is 0.396 e. The van der Waals surface area contributed by atoms with Crippen LogP contribution in [0.2, 0.25) is 0 Å². The van der Waals surface area contributed by atoms with E-state index in [0.29, 0.717) is 12.0 Å². The molecule has 2 N–H and O–H groups in total. The lowest BCUT2D eigenvalue weighted by atomic mass is 10.00. The number of hydrogen-bond acceptors (Lipinski definition) is 3. The van der Waals surface area contributed by atoms with Crippen LogP contribution >= 0.6 is 0 Å². The Kier molecular flexibility index (Phi) is 5.43. The van der Waals surface area contributed by atoms with Gasteiger partial charge in [-0.3, -0.25) is 4.98 Å². The molecule has 90 valence electrons. The molecule has 1 heterocycles. The molecule has 3 heteroatoms. The van der Waals surface area contributed by atoms with Crippen LogP contribution in [0.15, 0.2) is 24.4 Å². The molecule has 1 aromatic rings. The first-order valence-electron chi connectivity index (χ1n) is 5.93. The average Bonchev–Trinajstić information content (AvgIpc) is 2.29. The zero-order valence-corrected chi connectivity index (χ0v) is 10.4. The second kappa shape index (κ2) is 6.61. The average molecular weight is 222 g/mol. The van der Waals surface area contributed by atoms with Crippen molar-refractivity contribution >= 4 is 0 Å². The zero-order valence-electron chi connectivity index (χ0n) is 10.4. The van der Waals surface area contributed by atoms with E-state index >= 15 is 0 Å². The fourth-order valence-corrected chi connectivity index (χ4v) is 1.79. The van der Waals surface area contributed by atoms with E-state index < -0.39 is 0 Å². The number of hydrogen-bond donors (Lipinski definition) is 2. The lowest BCUT2D eigenvalue weighted by Gasteiger charge is -2.25. The van der Waals surface area contributed by atoms with Gasteiger partial charge >= 0.3 is 0 Å². The van der Waals surface area contributed by atoms with Gasteiger partial charge in [0, 0.05) is 24.9 Å². The molecule has 16 heavy (non-hydrogen) atoms. The maximum atomic E-state index is 9.01. The SMILES string of the molecule is CC(NC(CCO)C(C)C)c1ccccn1. The van der Waals surface area contributed by atoms with E-state index in [0.717, 1.165) is 12.1 Å². The minimum absolute atomic E-state index is 0.222. The Morgan fingerprint density at radius 3 is 2.56 bits per heavy atom. The van der Waals surface area contributed by atoms with E-state index in [2.05, 4.69) is 31.1 Å². The predicted octanol–water partition coefficient (Wildman–Crippen LogP) is 2.14. The molecule has 3 nitrogen and oxygen atoms in total. The topological polar surface area (TPSA) is 45.1 Å². The molecule has 0 radical (unpaired) electrons. The lowest BCUT2D eigenvalue weighted by Crippen LogP contribution is -2.36. The Morgan fingerprint density at radius 2 is 2.06 bits per heavy atom. The third kappa shape index (κ3) is 3.91. The second-order valence-corrected chi connectivity index (χ2v) is 4.51. The van der Waals surface area contributed by atoms with Crippen molar-refractivity contribution < 1.29 is 5.11 Å². The third-order valence-electron chi connectivity index (χ3n) is 2.84. The number of aliphatic hydroxyl groups is 1. The number of rotatable bonds is 6. The maximum Gasteiger partial charge on any atom is 0.0570 e. The summed E-state index contributed by atoms with van der Waals surface area (Å²) < 4.78 is 0. The van der Waals surface area contributed by atoms with Crippen LogP contribution in [0.4, 0.5) is 0 Å². The summed E-state index contributed by atoms with van der Waals surface area (Å²) in [5.74, 6) is 0.512. The predicted molar refractivity (Wildman–Crippen MR) is 66.1 cm³/mol. The molecular formula is C13H22N2O. The number of aliphatic hydroxyl groups excluding tert-OH is 1. The van der Waals surface area contributed by atoms with Gasteiger partial charge in [0.2, 0.25) is 0 Å². The highest BCUT2D eigenvalue weighted by atomic mass is 16.3. The second-order valence-electron chi connectivity index (χ2n) is 4.51. The summed E-state index contributed by atoms with van der Waals surface area (Å²) in [7, 11) is 0. The van der Waals surface area contributed by atoms with E-state index in [1.165, 1.54) is 0 Å². The monoisotopic (exact) mass is 222 g/mol. The van der Waals surface area contributed by atoms with E-state index in [9.17, 15) is 0 Å². The van der Waals surface area contributed by atoms with Gasteiger partial charge < -0.3 is 10.4 Å². The summed E-state index contributed by atoms with van der Waals surface area (Å²) in [6.45, 7) is 6.66. The summed E-state index contributed by atoms with van der Waals surface area (Å²) in [5.41, 5.74) is 1.05. The zero-order chi connectivity index (χ0) is 12.0. The standard InChI is InChI=1S/C13H22N2O/c1-10(2)12(7-9-16)15-11(3)13-6-4-5-8-14-13/h4-6,8,10-12,15-16H,7,9H2,1-3H3. The quantitative estimate of drug-likeness (QED) is 0.775. The molecule has 1 rings (SSSR count). The van der Waals surface area contributed by atoms with E-state index in [4.69, 9.17) is 5.11 Å². The number of nitrogens with one attached hydrogen (secondary N) is 1. The van der Waals surface area contributed by atoms with Gasteiger partial charge in [-0.15, -0.1) is 0 Å². The maximum absolute atomic E-state index is 9.01. The van der Waals surface area contributed by atoms with Crippen LogP contribution in [-0.4, -0.2) is 22.7 Å². The Labute approximate surface area is 97.9 Å². The van der Waals surface area contributed by atoms with Crippen LogP contribution in [-0.2, 0) is 0 Å². The van der Waals surface area contributed by atoms with Crippen molar-refractivity contribution in [3.63, 3.8) is 0 Å². The summed E-state index contributed by atoms with van der Waals surface area (Å²) in [6, 6.07) is 6.50. The van der Waals surface area contributed by atoms with E-state index in [1.807, 2.05) is 24.4 Å². The summed E-state index contributed by atoms with van der Waals surface area (Å²) in [5, 5.41) is 12.5. The smallest absolute Gasteiger partial charge is 0.0570 e. The minimum Gasteiger partial charge on any atom is -0.396 e. The van der Waals surface area contributed by atoms with Crippen molar-refractivity contribution in [3.05, 3.63) is 30.1 Å². The molecule has 0 aromatic carbocycles. The highest BCUT2D eigenvalue weighted by Gasteiger charge is 2.16. The van der Waals surface area contributed by atoms with Crippen molar-refractivity contribution in [2.24, 2.45) is 5.92 Å². The molecule has 0 saturated carbocycles. The molecule has 0 amide bonds. The molecule has 0 aliphatic carbocycles. The van der Waals surface area contributed by atoms with Crippen LogP contribution in [0.5, 0.6) is 0 Å². The van der Waals surface area contributed by atoms with Crippen molar-refractivity contribution in [2.45, 2.75) is 39.3 Å². The number of aromatic nitrogens is 1. The highest BCUT2D eigenvalue weighted by molar-refractivity contribution is 5.07. The van der Waals surface area contributed by atoms with Gasteiger partial charge in [0.1, 0.15) is 0 Å². The molecule has 0 spiro atoms. The first-order valence-corrected chi connectivity index (χ1v) is 5.93. The van der Waals surface area contributed by atoms with Gasteiger partial charge in [0.15, 0.2) is 0 Å². The summed E-state index contributed by atoms with van der Waals surface area (Å²) in [6.07, 6.45) is 2.60. The van der Waals surface area contributed by atoms with Crippen molar-refractivity contribution in [2.75, 3.05) is 6.61 Å². The van der Waals surface area contributed by atoms with Gasteiger partial charge in [-0.1, -0.05) is 19.9 Å². The Bertz CT molecular complexity index is 287. The fraction of sp³-hybridized carbons (Fsp3) is 0.615. The van der Waals surface area contributed by atoms with Crippen LogP contribution in [0.1, 0.15) is 38.9 Å². The minimum atomic E-state index is 0.222. The molecule has 0 fully saturated rings. The highest BCUT2D eigenvalue weighted by Crippen LogP contribution is 2.14.